The highest BCUT2D eigenvalue weighted by atomic mass is 16.6. The van der Waals surface area contributed by atoms with Crippen molar-refractivity contribution in [2.45, 2.75) is 225 Å². The second-order valence-corrected chi connectivity index (χ2v) is 14.4. The topological polar surface area (TPSA) is 55.8 Å². The van der Waals surface area contributed by atoms with E-state index in [1.165, 1.54) is 173 Å². The smallest absolute Gasteiger partial charge is 0.306 e. The summed E-state index contributed by atoms with van der Waals surface area (Å²) in [6.45, 7) is 5.33. The zero-order valence-corrected chi connectivity index (χ0v) is 33.0. The molecule has 0 heterocycles. The van der Waals surface area contributed by atoms with Crippen molar-refractivity contribution < 1.29 is 19.4 Å². The molecule has 0 aliphatic rings. The third-order valence-corrected chi connectivity index (χ3v) is 9.44. The Bertz CT molecular complexity index is 728. The first-order valence-electron chi connectivity index (χ1n) is 21.6. The number of hydrogen-bond acceptors (Lipinski definition) is 4. The van der Waals surface area contributed by atoms with E-state index >= 15 is 0 Å². The number of rotatable bonds is 40. The molecule has 0 bridgehead atoms. The second kappa shape index (κ2) is 42.8. The molecule has 0 saturated carbocycles. The van der Waals surface area contributed by atoms with Gasteiger partial charge in [0.15, 0.2) is 0 Å². The standard InChI is InChI=1S/C45H84O4/c1-3-5-7-9-11-13-15-17-19-21-23-25-27-29-31-33-35-37-39-41-48-43-44(42-46)49-45(47)40-38-36-34-32-30-28-26-24-22-20-18-16-14-12-10-8-6-4-2/h13,15,19-22,44,46H,3-12,14,16-18,23-43H2,1-2H3/b15-13-,21-19-,22-20-. The van der Waals surface area contributed by atoms with Crippen LogP contribution < -0.4 is 0 Å². The van der Waals surface area contributed by atoms with Crippen molar-refractivity contribution in [3.63, 3.8) is 0 Å². The van der Waals surface area contributed by atoms with Crippen LogP contribution in [0.25, 0.3) is 0 Å². The van der Waals surface area contributed by atoms with Crippen LogP contribution in [0.3, 0.4) is 0 Å². The van der Waals surface area contributed by atoms with E-state index in [0.29, 0.717) is 19.6 Å². The summed E-state index contributed by atoms with van der Waals surface area (Å²) in [7, 11) is 0. The van der Waals surface area contributed by atoms with Crippen molar-refractivity contribution in [2.24, 2.45) is 0 Å². The molecule has 1 atom stereocenters. The van der Waals surface area contributed by atoms with Gasteiger partial charge in [-0.25, -0.2) is 0 Å². The average Bonchev–Trinajstić information content (AvgIpc) is 3.11. The molecular weight excluding hydrogens is 604 g/mol. The summed E-state index contributed by atoms with van der Waals surface area (Å²) in [6, 6.07) is 0. The first-order chi connectivity index (χ1) is 24.2. The second-order valence-electron chi connectivity index (χ2n) is 14.4. The molecule has 0 rings (SSSR count). The van der Waals surface area contributed by atoms with Gasteiger partial charge in [0.05, 0.1) is 13.2 Å². The average molecular weight is 689 g/mol. The van der Waals surface area contributed by atoms with Crippen molar-refractivity contribution in [3.8, 4) is 0 Å². The summed E-state index contributed by atoms with van der Waals surface area (Å²) in [5.41, 5.74) is 0. The largest absolute Gasteiger partial charge is 0.457 e. The van der Waals surface area contributed by atoms with Crippen LogP contribution in [0.2, 0.25) is 0 Å². The molecule has 49 heavy (non-hydrogen) atoms. The van der Waals surface area contributed by atoms with Crippen LogP contribution >= 0.6 is 0 Å². The Morgan fingerprint density at radius 1 is 0.490 bits per heavy atom. The van der Waals surface area contributed by atoms with Gasteiger partial charge in [-0.1, -0.05) is 179 Å². The van der Waals surface area contributed by atoms with Crippen molar-refractivity contribution in [1.29, 1.82) is 0 Å². The van der Waals surface area contributed by atoms with Crippen LogP contribution in [-0.2, 0) is 14.3 Å². The van der Waals surface area contributed by atoms with Gasteiger partial charge in [0, 0.05) is 13.0 Å². The summed E-state index contributed by atoms with van der Waals surface area (Å²) in [6.07, 6.45) is 53.4. The minimum absolute atomic E-state index is 0.175. The van der Waals surface area contributed by atoms with Gasteiger partial charge in [-0.2, -0.15) is 0 Å². The highest BCUT2D eigenvalue weighted by Crippen LogP contribution is 2.13. The van der Waals surface area contributed by atoms with Gasteiger partial charge >= 0.3 is 5.97 Å². The molecular formula is C45H84O4. The van der Waals surface area contributed by atoms with Crippen LogP contribution in [0.4, 0.5) is 0 Å². The van der Waals surface area contributed by atoms with E-state index in [9.17, 15) is 9.90 Å². The lowest BCUT2D eigenvalue weighted by molar-refractivity contribution is -0.154. The van der Waals surface area contributed by atoms with E-state index < -0.39 is 6.10 Å². The Morgan fingerprint density at radius 3 is 1.31 bits per heavy atom. The van der Waals surface area contributed by atoms with Crippen LogP contribution in [0.15, 0.2) is 36.5 Å². The Kier molecular flexibility index (Phi) is 41.6. The van der Waals surface area contributed by atoms with Crippen molar-refractivity contribution >= 4 is 5.97 Å². The molecule has 0 aliphatic heterocycles. The maximum Gasteiger partial charge on any atom is 0.306 e. The lowest BCUT2D eigenvalue weighted by Crippen LogP contribution is -2.27. The fourth-order valence-electron chi connectivity index (χ4n) is 6.18. The molecule has 0 aromatic heterocycles. The minimum atomic E-state index is -0.538. The van der Waals surface area contributed by atoms with E-state index in [-0.39, 0.29) is 12.6 Å². The van der Waals surface area contributed by atoms with Crippen LogP contribution in [0, 0.1) is 0 Å². The summed E-state index contributed by atoms with van der Waals surface area (Å²) in [5, 5.41) is 9.60. The lowest BCUT2D eigenvalue weighted by Gasteiger charge is -2.16. The number of aliphatic hydroxyl groups excluding tert-OH is 1. The zero-order chi connectivity index (χ0) is 35.6. The monoisotopic (exact) mass is 689 g/mol. The number of hydrogen-bond donors (Lipinski definition) is 1. The molecule has 0 radical (unpaired) electrons. The lowest BCUT2D eigenvalue weighted by atomic mass is 10.1. The molecule has 0 amide bonds. The number of esters is 1. The van der Waals surface area contributed by atoms with Gasteiger partial charge in [-0.3, -0.25) is 4.79 Å². The Labute approximate surface area is 306 Å². The van der Waals surface area contributed by atoms with Crippen LogP contribution in [-0.4, -0.2) is 37.0 Å². The third-order valence-electron chi connectivity index (χ3n) is 9.44. The predicted octanol–water partition coefficient (Wildman–Crippen LogP) is 14.1. The molecule has 0 spiro atoms. The van der Waals surface area contributed by atoms with E-state index in [0.717, 1.165) is 25.7 Å². The van der Waals surface area contributed by atoms with Crippen molar-refractivity contribution in [3.05, 3.63) is 36.5 Å². The molecule has 0 saturated heterocycles. The van der Waals surface area contributed by atoms with Crippen molar-refractivity contribution in [2.75, 3.05) is 19.8 Å². The maximum absolute atomic E-state index is 12.2. The van der Waals surface area contributed by atoms with Crippen molar-refractivity contribution in [1.82, 2.24) is 0 Å². The van der Waals surface area contributed by atoms with E-state index in [4.69, 9.17) is 9.47 Å². The zero-order valence-electron chi connectivity index (χ0n) is 33.0. The summed E-state index contributed by atoms with van der Waals surface area (Å²) >= 11 is 0. The number of carbonyl (C=O) groups is 1. The predicted molar refractivity (Wildman–Crippen MR) is 214 cm³/mol. The first-order valence-corrected chi connectivity index (χ1v) is 21.6. The summed E-state index contributed by atoms with van der Waals surface area (Å²) in [4.78, 5) is 12.2. The highest BCUT2D eigenvalue weighted by Gasteiger charge is 2.13. The van der Waals surface area contributed by atoms with E-state index in [1.54, 1.807) is 0 Å². The Morgan fingerprint density at radius 2 is 0.857 bits per heavy atom. The summed E-state index contributed by atoms with van der Waals surface area (Å²) < 4.78 is 11.2. The molecule has 4 nitrogen and oxygen atoms in total. The first kappa shape index (κ1) is 47.6. The maximum atomic E-state index is 12.2. The number of allylic oxidation sites excluding steroid dienone is 6. The van der Waals surface area contributed by atoms with Crippen LogP contribution in [0.1, 0.15) is 219 Å². The van der Waals surface area contributed by atoms with Gasteiger partial charge in [0.2, 0.25) is 0 Å². The summed E-state index contributed by atoms with van der Waals surface area (Å²) in [5.74, 6) is -0.206. The van der Waals surface area contributed by atoms with Gasteiger partial charge < -0.3 is 14.6 Å². The number of unbranched alkanes of at least 4 members (excludes halogenated alkanes) is 26. The van der Waals surface area contributed by atoms with Gasteiger partial charge in [0.25, 0.3) is 0 Å². The fraction of sp³-hybridized carbons (Fsp3) is 0.844. The number of carbonyl (C=O) groups excluding carboxylic acids is 1. The normalized spacial score (nSPS) is 12.6. The molecule has 0 fully saturated rings. The Balaban J connectivity index is 3.44. The molecule has 1 unspecified atom stereocenters. The number of ether oxygens (including phenoxy) is 2. The number of aliphatic hydroxyl groups is 1. The molecule has 0 aliphatic carbocycles. The van der Waals surface area contributed by atoms with Gasteiger partial charge in [-0.15, -0.1) is 0 Å². The Hall–Kier alpha value is -1.39. The fourth-order valence-corrected chi connectivity index (χ4v) is 6.18. The minimum Gasteiger partial charge on any atom is -0.457 e. The molecule has 1 N–H and O–H groups in total. The molecule has 0 aromatic rings. The molecule has 288 valence electrons. The molecule has 0 aromatic carbocycles. The third kappa shape index (κ3) is 40.9. The van der Waals surface area contributed by atoms with E-state index in [1.807, 2.05) is 0 Å². The quantitative estimate of drug-likeness (QED) is 0.0395. The van der Waals surface area contributed by atoms with Gasteiger partial charge in [0.1, 0.15) is 6.10 Å². The highest BCUT2D eigenvalue weighted by molar-refractivity contribution is 5.69. The van der Waals surface area contributed by atoms with E-state index in [2.05, 4.69) is 50.3 Å². The van der Waals surface area contributed by atoms with Crippen LogP contribution in [0.5, 0.6) is 0 Å². The SMILES string of the molecule is CCCCCC/C=C\C/C=C\CCCCCCCCCCOCC(CO)OC(=O)CCCCCCCCC/C=C\CCCCCCCCC. The molecule has 4 heteroatoms. The van der Waals surface area contributed by atoms with Gasteiger partial charge in [-0.05, 0) is 70.6 Å².